The largest absolute Gasteiger partial charge is 0.458 e. The van der Waals surface area contributed by atoms with Crippen molar-refractivity contribution in [2.24, 2.45) is 35.5 Å². The van der Waals surface area contributed by atoms with E-state index < -0.39 is 47.7 Å². The number of rotatable bonds is 9. The van der Waals surface area contributed by atoms with E-state index in [1.54, 1.807) is 23.4 Å². The molecule has 4 heterocycles. The Balaban J connectivity index is 1.33. The molecule has 53 heavy (non-hydrogen) atoms. The molecule has 0 saturated carbocycles. The van der Waals surface area contributed by atoms with Gasteiger partial charge in [0.2, 0.25) is 0 Å². The van der Waals surface area contributed by atoms with Crippen LogP contribution in [-0.2, 0) is 30.3 Å². The first kappa shape index (κ1) is 40.7. The molecule has 3 fully saturated rings. The van der Waals surface area contributed by atoms with Gasteiger partial charge in [0.15, 0.2) is 5.60 Å². The highest BCUT2D eigenvalue weighted by Gasteiger charge is 2.59. The van der Waals surface area contributed by atoms with Crippen LogP contribution in [0.25, 0.3) is 11.3 Å². The van der Waals surface area contributed by atoms with Crippen LogP contribution >= 0.6 is 0 Å². The predicted octanol–water partition coefficient (Wildman–Crippen LogP) is 6.69. The van der Waals surface area contributed by atoms with E-state index in [-0.39, 0.29) is 35.7 Å². The zero-order chi connectivity index (χ0) is 38.6. The van der Waals surface area contributed by atoms with Crippen LogP contribution in [-0.4, -0.2) is 85.4 Å². The second-order valence-corrected chi connectivity index (χ2v) is 16.8. The van der Waals surface area contributed by atoms with Crippen molar-refractivity contribution in [1.82, 2.24) is 19.9 Å². The lowest BCUT2D eigenvalue weighted by molar-refractivity contribution is -0.175. The second-order valence-electron chi connectivity index (χ2n) is 16.8. The van der Waals surface area contributed by atoms with Gasteiger partial charge in [-0.3, -0.25) is 14.3 Å². The molecular formula is C41H63N5O7. The number of carbonyl (C=O) groups excluding carboxylic acids is 3. The lowest BCUT2D eigenvalue weighted by atomic mass is 9.74. The molecule has 0 bridgehead atoms. The number of amides is 1. The van der Waals surface area contributed by atoms with Crippen molar-refractivity contribution in [3.63, 3.8) is 0 Å². The zero-order valence-corrected chi connectivity index (χ0v) is 33.1. The number of nitrogens with two attached hydrogens (primary N) is 1. The summed E-state index contributed by atoms with van der Waals surface area (Å²) in [6, 6.07) is 6.84. The topological polar surface area (TPSA) is 159 Å². The number of hydrogen-bond donors (Lipinski definition) is 2. The SMILES string of the molecule is CC[C@H]1OC(=O)[C@H](C)[C@@H](O)[C@H](CC2C[C@H](C)C[C@H](C)O2)C[C@@H](C)C[C@@H](C)C(=O)[C@H](C)C2N(CCCCn3cc(-c4cccc(N)c4)nn3)C(=O)O[C@@]21C. The molecule has 294 valence electrons. The Morgan fingerprint density at radius 1 is 0.962 bits per heavy atom. The monoisotopic (exact) mass is 737 g/mol. The molecule has 1 aromatic heterocycles. The highest BCUT2D eigenvalue weighted by Crippen LogP contribution is 2.42. The molecule has 2 aromatic rings. The second kappa shape index (κ2) is 17.3. The Kier molecular flexibility index (Phi) is 13.3. The lowest BCUT2D eigenvalue weighted by Crippen LogP contribution is -2.57. The summed E-state index contributed by atoms with van der Waals surface area (Å²) in [5.74, 6) is -1.71. The van der Waals surface area contributed by atoms with Crippen LogP contribution in [0.15, 0.2) is 30.5 Å². The minimum atomic E-state index is -1.28. The zero-order valence-electron chi connectivity index (χ0n) is 33.1. The molecule has 12 heteroatoms. The first-order valence-electron chi connectivity index (χ1n) is 19.9. The summed E-state index contributed by atoms with van der Waals surface area (Å²) in [6.07, 6.45) is 5.28. The maximum Gasteiger partial charge on any atom is 0.410 e. The number of ether oxygens (including phenoxy) is 3. The fraction of sp³-hybridized carbons (Fsp3) is 0.732. The number of aliphatic hydroxyl groups excluding tert-OH is 1. The number of ketones is 1. The van der Waals surface area contributed by atoms with Gasteiger partial charge in [0, 0.05) is 36.2 Å². The maximum atomic E-state index is 14.3. The van der Waals surface area contributed by atoms with Gasteiger partial charge < -0.3 is 30.0 Å². The average Bonchev–Trinajstić information content (AvgIpc) is 3.68. The molecule has 0 radical (unpaired) electrons. The summed E-state index contributed by atoms with van der Waals surface area (Å²) in [5, 5.41) is 20.4. The minimum Gasteiger partial charge on any atom is -0.458 e. The van der Waals surface area contributed by atoms with E-state index in [0.717, 1.165) is 24.1 Å². The Bertz CT molecular complexity index is 1560. The van der Waals surface area contributed by atoms with Gasteiger partial charge in [0.05, 0.1) is 36.5 Å². The average molecular weight is 738 g/mol. The van der Waals surface area contributed by atoms with Gasteiger partial charge in [-0.1, -0.05) is 52.0 Å². The highest BCUT2D eigenvalue weighted by molar-refractivity contribution is 5.85. The molecule has 12 atom stereocenters. The van der Waals surface area contributed by atoms with Crippen molar-refractivity contribution in [3.05, 3.63) is 30.5 Å². The number of nitrogen functional groups attached to an aromatic ring is 1. The number of nitrogens with zero attached hydrogens (tertiary/aromatic N) is 4. The van der Waals surface area contributed by atoms with E-state index in [4.69, 9.17) is 19.9 Å². The molecule has 0 spiro atoms. The van der Waals surface area contributed by atoms with E-state index >= 15 is 0 Å². The summed E-state index contributed by atoms with van der Waals surface area (Å²) < 4.78 is 20.5. The fourth-order valence-corrected chi connectivity index (χ4v) is 9.53. The molecule has 3 aliphatic heterocycles. The summed E-state index contributed by atoms with van der Waals surface area (Å²) in [6.45, 7) is 16.7. The Hall–Kier alpha value is -3.51. The number of esters is 1. The summed E-state index contributed by atoms with van der Waals surface area (Å²) in [5.41, 5.74) is 6.93. The number of aromatic nitrogens is 3. The molecule has 3 saturated heterocycles. The first-order chi connectivity index (χ1) is 25.1. The predicted molar refractivity (Wildman–Crippen MR) is 202 cm³/mol. The number of anilines is 1. The van der Waals surface area contributed by atoms with Crippen LogP contribution in [0.2, 0.25) is 0 Å². The smallest absolute Gasteiger partial charge is 0.410 e. The molecule has 1 aromatic carbocycles. The third-order valence-corrected chi connectivity index (χ3v) is 12.1. The van der Waals surface area contributed by atoms with Crippen molar-refractivity contribution >= 4 is 23.5 Å². The molecule has 12 nitrogen and oxygen atoms in total. The Morgan fingerprint density at radius 3 is 2.38 bits per heavy atom. The van der Waals surface area contributed by atoms with Crippen LogP contribution < -0.4 is 5.73 Å². The minimum absolute atomic E-state index is 0.00318. The first-order valence-corrected chi connectivity index (χ1v) is 19.9. The van der Waals surface area contributed by atoms with Crippen LogP contribution in [0.1, 0.15) is 107 Å². The molecular weight excluding hydrogens is 674 g/mol. The van der Waals surface area contributed by atoms with Gasteiger partial charge in [0.1, 0.15) is 17.6 Å². The fourth-order valence-electron chi connectivity index (χ4n) is 9.53. The van der Waals surface area contributed by atoms with Crippen molar-refractivity contribution in [2.75, 3.05) is 12.3 Å². The number of aryl methyl sites for hydroxylation is 1. The van der Waals surface area contributed by atoms with Crippen molar-refractivity contribution in [2.45, 2.75) is 149 Å². The van der Waals surface area contributed by atoms with Crippen LogP contribution in [0.5, 0.6) is 0 Å². The van der Waals surface area contributed by atoms with Gasteiger partial charge in [-0.2, -0.15) is 0 Å². The quantitative estimate of drug-likeness (QED) is 0.161. The van der Waals surface area contributed by atoms with E-state index in [1.165, 1.54) is 0 Å². The number of cyclic esters (lactones) is 1. The van der Waals surface area contributed by atoms with Crippen LogP contribution in [0, 0.1) is 35.5 Å². The van der Waals surface area contributed by atoms with Gasteiger partial charge >= 0.3 is 12.1 Å². The van der Waals surface area contributed by atoms with Crippen LogP contribution in [0.3, 0.4) is 0 Å². The van der Waals surface area contributed by atoms with Gasteiger partial charge in [-0.25, -0.2) is 4.79 Å². The molecule has 2 unspecified atom stereocenters. The third-order valence-electron chi connectivity index (χ3n) is 12.1. The standard InChI is InChI=1S/C41H63N5O7/c1-9-35-41(8)38(46(40(50)53-41)16-11-10-15-45-23-34(43-44-45)30-13-12-14-32(42)21-30)28(6)36(47)26(4)17-24(2)19-31(37(48)29(7)39(49)52-35)22-33-20-25(3)18-27(5)51-33/h12-14,21,23-29,31,33,35,37-38,48H,9-11,15-20,22,42H2,1-8H3/t24-,25+,26+,27-,28-,29+,31-,33?,35+,37+,38?,41+/m0/s1. The van der Waals surface area contributed by atoms with E-state index in [2.05, 4.69) is 31.1 Å². The van der Waals surface area contributed by atoms with E-state index in [1.807, 2.05) is 51.2 Å². The Morgan fingerprint density at radius 2 is 1.68 bits per heavy atom. The highest BCUT2D eigenvalue weighted by atomic mass is 16.6. The van der Waals surface area contributed by atoms with Crippen molar-refractivity contribution in [3.8, 4) is 11.3 Å². The number of unbranched alkanes of at least 4 members (excludes halogenated alkanes) is 1. The normalized spacial score (nSPS) is 36.1. The number of hydrogen-bond acceptors (Lipinski definition) is 10. The number of benzene rings is 1. The molecule has 3 N–H and O–H groups in total. The third kappa shape index (κ3) is 9.42. The van der Waals surface area contributed by atoms with Gasteiger partial charge in [-0.15, -0.1) is 5.10 Å². The maximum absolute atomic E-state index is 14.3. The van der Waals surface area contributed by atoms with Crippen molar-refractivity contribution < 1.29 is 33.7 Å². The summed E-state index contributed by atoms with van der Waals surface area (Å²) in [7, 11) is 0. The van der Waals surface area contributed by atoms with Crippen LogP contribution in [0.4, 0.5) is 10.5 Å². The number of carbonyl (C=O) groups is 3. The number of aliphatic hydroxyl groups is 1. The van der Waals surface area contributed by atoms with E-state index in [9.17, 15) is 19.5 Å². The van der Waals surface area contributed by atoms with Gasteiger partial charge in [0.25, 0.3) is 0 Å². The Labute approximate surface area is 315 Å². The summed E-state index contributed by atoms with van der Waals surface area (Å²) in [4.78, 5) is 43.6. The van der Waals surface area contributed by atoms with Crippen molar-refractivity contribution in [1.29, 1.82) is 0 Å². The summed E-state index contributed by atoms with van der Waals surface area (Å²) >= 11 is 0. The van der Waals surface area contributed by atoms with E-state index in [0.29, 0.717) is 63.2 Å². The molecule has 0 aliphatic carbocycles. The van der Waals surface area contributed by atoms with Gasteiger partial charge in [-0.05, 0) is 102 Å². The number of fused-ring (bicyclic) bond motifs is 1. The molecule has 1 amide bonds. The molecule has 3 aliphatic rings. The number of Topliss-reactive ketones (excluding diaryl/α,β-unsaturated/α-hetero) is 1. The molecule has 5 rings (SSSR count). The lowest BCUT2D eigenvalue weighted by Gasteiger charge is -2.41.